The van der Waals surface area contributed by atoms with E-state index in [-0.39, 0.29) is 5.75 Å². The van der Waals surface area contributed by atoms with Crippen molar-refractivity contribution in [2.45, 2.75) is 6.92 Å². The molecule has 2 aromatic rings. The van der Waals surface area contributed by atoms with E-state index in [2.05, 4.69) is 15.0 Å². The predicted octanol–water partition coefficient (Wildman–Crippen LogP) is 3.84. The van der Waals surface area contributed by atoms with Crippen molar-refractivity contribution in [2.75, 3.05) is 5.32 Å². The van der Waals surface area contributed by atoms with E-state index in [1.807, 2.05) is 13.0 Å². The SMILES string of the molecule is Cc1c(Cl)cccc1Nc1ncccc1OC(=O)O. The number of pyridine rings is 1. The van der Waals surface area contributed by atoms with Crippen molar-refractivity contribution in [3.63, 3.8) is 0 Å². The van der Waals surface area contributed by atoms with Crippen LogP contribution >= 0.6 is 11.6 Å². The maximum absolute atomic E-state index is 10.6. The molecule has 0 amide bonds. The Morgan fingerprint density at radius 2 is 2.16 bits per heavy atom. The lowest BCUT2D eigenvalue weighted by atomic mass is 10.2. The van der Waals surface area contributed by atoms with E-state index in [0.29, 0.717) is 10.8 Å². The maximum Gasteiger partial charge on any atom is 0.511 e. The third kappa shape index (κ3) is 3.14. The highest BCUT2D eigenvalue weighted by molar-refractivity contribution is 6.31. The van der Waals surface area contributed by atoms with Crippen molar-refractivity contribution in [1.82, 2.24) is 4.98 Å². The average molecular weight is 279 g/mol. The second kappa shape index (κ2) is 5.58. The summed E-state index contributed by atoms with van der Waals surface area (Å²) in [6.07, 6.45) is 0.149. The maximum atomic E-state index is 10.6. The lowest BCUT2D eigenvalue weighted by molar-refractivity contribution is 0.144. The summed E-state index contributed by atoms with van der Waals surface area (Å²) in [6.45, 7) is 1.85. The Balaban J connectivity index is 2.33. The second-order valence-electron chi connectivity index (χ2n) is 3.76. The molecule has 0 fully saturated rings. The van der Waals surface area contributed by atoms with Crippen molar-refractivity contribution in [1.29, 1.82) is 0 Å². The molecule has 0 aliphatic rings. The van der Waals surface area contributed by atoms with Crippen LogP contribution in [0.5, 0.6) is 5.75 Å². The lowest BCUT2D eigenvalue weighted by Gasteiger charge is -2.12. The summed E-state index contributed by atoms with van der Waals surface area (Å²) in [6, 6.07) is 8.49. The van der Waals surface area contributed by atoms with Crippen LogP contribution in [0.1, 0.15) is 5.56 Å². The number of ether oxygens (including phenoxy) is 1. The number of nitrogens with one attached hydrogen (secondary N) is 1. The minimum Gasteiger partial charge on any atom is -0.449 e. The topological polar surface area (TPSA) is 71.5 Å². The Morgan fingerprint density at radius 3 is 2.89 bits per heavy atom. The Labute approximate surface area is 114 Å². The van der Waals surface area contributed by atoms with Crippen LogP contribution in [0.4, 0.5) is 16.3 Å². The summed E-state index contributed by atoms with van der Waals surface area (Å²) in [5, 5.41) is 12.3. The highest BCUT2D eigenvalue weighted by Crippen LogP contribution is 2.29. The van der Waals surface area contributed by atoms with Crippen molar-refractivity contribution in [3.05, 3.63) is 47.1 Å². The summed E-state index contributed by atoms with van der Waals surface area (Å²) >= 11 is 6.02. The first kappa shape index (κ1) is 13.2. The summed E-state index contributed by atoms with van der Waals surface area (Å²) in [7, 11) is 0. The van der Waals surface area contributed by atoms with Gasteiger partial charge in [-0.25, -0.2) is 9.78 Å². The molecular weight excluding hydrogens is 268 g/mol. The van der Waals surface area contributed by atoms with Gasteiger partial charge in [-0.2, -0.15) is 0 Å². The van der Waals surface area contributed by atoms with Gasteiger partial charge in [-0.1, -0.05) is 17.7 Å². The summed E-state index contributed by atoms with van der Waals surface area (Å²) in [5.74, 6) is 0.449. The number of hydrogen-bond acceptors (Lipinski definition) is 4. The Hall–Kier alpha value is -2.27. The normalized spacial score (nSPS) is 10.0. The highest BCUT2D eigenvalue weighted by Gasteiger charge is 2.10. The molecule has 6 heteroatoms. The first-order valence-corrected chi connectivity index (χ1v) is 5.83. The van der Waals surface area contributed by atoms with Crippen LogP contribution < -0.4 is 10.1 Å². The molecule has 0 spiro atoms. The molecule has 0 aliphatic heterocycles. The van der Waals surface area contributed by atoms with Gasteiger partial charge in [0.15, 0.2) is 11.6 Å². The predicted molar refractivity (Wildman–Crippen MR) is 72.4 cm³/mol. The van der Waals surface area contributed by atoms with Gasteiger partial charge in [0.25, 0.3) is 0 Å². The van der Waals surface area contributed by atoms with Crippen LogP contribution in [0.3, 0.4) is 0 Å². The average Bonchev–Trinajstić information content (AvgIpc) is 2.36. The van der Waals surface area contributed by atoms with Crippen molar-refractivity contribution in [3.8, 4) is 5.75 Å². The van der Waals surface area contributed by atoms with E-state index in [9.17, 15) is 4.79 Å². The van der Waals surface area contributed by atoms with Gasteiger partial charge in [0, 0.05) is 16.9 Å². The molecule has 5 nitrogen and oxygen atoms in total. The standard InChI is InChI=1S/C13H11ClN2O3/c1-8-9(14)4-2-5-10(8)16-12-11(19-13(17)18)6-3-7-15-12/h2-7H,1H3,(H,15,16)(H,17,18). The van der Waals surface area contributed by atoms with Gasteiger partial charge in [0.1, 0.15) is 0 Å². The number of rotatable bonds is 3. The zero-order valence-electron chi connectivity index (χ0n) is 10.1. The number of halogens is 1. The van der Waals surface area contributed by atoms with E-state index >= 15 is 0 Å². The Bertz CT molecular complexity index is 617. The van der Waals surface area contributed by atoms with Crippen LogP contribution in [-0.4, -0.2) is 16.2 Å². The van der Waals surface area contributed by atoms with Crippen molar-refractivity contribution >= 4 is 29.3 Å². The second-order valence-corrected chi connectivity index (χ2v) is 4.16. The van der Waals surface area contributed by atoms with Gasteiger partial charge in [-0.3, -0.25) is 0 Å². The zero-order valence-corrected chi connectivity index (χ0v) is 10.8. The largest absolute Gasteiger partial charge is 0.511 e. The number of nitrogens with zero attached hydrogens (tertiary/aromatic N) is 1. The molecule has 19 heavy (non-hydrogen) atoms. The fourth-order valence-electron chi connectivity index (χ4n) is 1.53. The van der Waals surface area contributed by atoms with E-state index in [4.69, 9.17) is 16.7 Å². The summed E-state index contributed by atoms with van der Waals surface area (Å²) < 4.78 is 4.65. The van der Waals surface area contributed by atoms with Gasteiger partial charge in [0.05, 0.1) is 0 Å². The van der Waals surface area contributed by atoms with E-state index < -0.39 is 6.16 Å². The molecule has 0 aliphatic carbocycles. The van der Waals surface area contributed by atoms with E-state index in [1.54, 1.807) is 18.2 Å². The number of benzene rings is 1. The molecule has 98 valence electrons. The minimum atomic E-state index is -1.39. The van der Waals surface area contributed by atoms with Crippen molar-refractivity contribution in [2.24, 2.45) is 0 Å². The van der Waals surface area contributed by atoms with Gasteiger partial charge >= 0.3 is 6.16 Å². The smallest absolute Gasteiger partial charge is 0.449 e. The fraction of sp³-hybridized carbons (Fsp3) is 0.0769. The lowest BCUT2D eigenvalue weighted by Crippen LogP contribution is -2.06. The molecule has 0 bridgehead atoms. The van der Waals surface area contributed by atoms with E-state index in [0.717, 1.165) is 11.3 Å². The van der Waals surface area contributed by atoms with Gasteiger partial charge in [-0.15, -0.1) is 0 Å². The third-order valence-corrected chi connectivity index (χ3v) is 2.90. The minimum absolute atomic E-state index is 0.134. The first-order valence-electron chi connectivity index (χ1n) is 5.46. The van der Waals surface area contributed by atoms with E-state index in [1.165, 1.54) is 12.3 Å². The molecule has 1 heterocycles. The summed E-state index contributed by atoms with van der Waals surface area (Å²) in [4.78, 5) is 14.7. The van der Waals surface area contributed by atoms with Crippen LogP contribution in [0.15, 0.2) is 36.5 Å². The molecule has 0 saturated carbocycles. The molecule has 0 unspecified atom stereocenters. The molecule has 1 aromatic carbocycles. The van der Waals surface area contributed by atoms with Crippen LogP contribution in [0.2, 0.25) is 5.02 Å². The monoisotopic (exact) mass is 278 g/mol. The Morgan fingerprint density at radius 1 is 1.37 bits per heavy atom. The van der Waals surface area contributed by atoms with Crippen LogP contribution in [-0.2, 0) is 0 Å². The molecule has 0 radical (unpaired) electrons. The number of carboxylic acid groups (broad SMARTS) is 1. The molecule has 2 rings (SSSR count). The van der Waals surface area contributed by atoms with Gasteiger partial charge in [0.2, 0.25) is 0 Å². The quantitative estimate of drug-likeness (QED) is 0.835. The number of aromatic nitrogens is 1. The van der Waals surface area contributed by atoms with Gasteiger partial charge in [-0.05, 0) is 36.8 Å². The molecule has 1 aromatic heterocycles. The van der Waals surface area contributed by atoms with Gasteiger partial charge < -0.3 is 15.2 Å². The zero-order chi connectivity index (χ0) is 13.8. The third-order valence-electron chi connectivity index (χ3n) is 2.49. The number of anilines is 2. The number of hydrogen-bond donors (Lipinski definition) is 2. The molecule has 0 saturated heterocycles. The first-order chi connectivity index (χ1) is 9.08. The molecular formula is C13H11ClN2O3. The summed E-state index contributed by atoms with van der Waals surface area (Å²) in [5.41, 5.74) is 1.58. The molecule has 0 atom stereocenters. The van der Waals surface area contributed by atoms with Crippen LogP contribution in [0, 0.1) is 6.92 Å². The number of carbonyl (C=O) groups is 1. The van der Waals surface area contributed by atoms with Crippen molar-refractivity contribution < 1.29 is 14.6 Å². The fourth-order valence-corrected chi connectivity index (χ4v) is 1.71. The van der Waals surface area contributed by atoms with Crippen LogP contribution in [0.25, 0.3) is 0 Å². The Kier molecular flexibility index (Phi) is 3.87. The highest BCUT2D eigenvalue weighted by atomic mass is 35.5. The molecule has 2 N–H and O–H groups in total.